The summed E-state index contributed by atoms with van der Waals surface area (Å²) < 4.78 is 17.0. The molecule has 0 N–H and O–H groups in total. The molecule has 312 valence electrons. The fourth-order valence-electron chi connectivity index (χ4n) is 5.50. The third-order valence-corrected chi connectivity index (χ3v) is 8.78. The number of carboxylic acid groups (broad SMARTS) is 1. The molecule has 8 heteroatoms. The average Bonchev–Trinajstić information content (AvgIpc) is 3.14. The molecule has 55 heavy (non-hydrogen) atoms. The minimum Gasteiger partial charge on any atom is -0.544 e. The van der Waals surface area contributed by atoms with E-state index in [1.54, 1.807) is 21.1 Å². The lowest BCUT2D eigenvalue weighted by Crippen LogP contribution is -2.55. The number of aliphatic carboxylic acids is 1. The zero-order valence-electron chi connectivity index (χ0n) is 35.3. The lowest BCUT2D eigenvalue weighted by Gasteiger charge is -2.34. The van der Waals surface area contributed by atoms with Gasteiger partial charge < -0.3 is 28.6 Å². The Morgan fingerprint density at radius 2 is 1.05 bits per heavy atom. The monoisotopic (exact) mass is 768 g/mol. The van der Waals surface area contributed by atoms with E-state index < -0.39 is 18.1 Å². The van der Waals surface area contributed by atoms with Crippen LogP contribution in [0.3, 0.4) is 0 Å². The summed E-state index contributed by atoms with van der Waals surface area (Å²) in [6, 6.07) is -0.741. The van der Waals surface area contributed by atoms with Crippen molar-refractivity contribution >= 4 is 17.9 Å². The summed E-state index contributed by atoms with van der Waals surface area (Å²) in [6.07, 6.45) is 47.6. The largest absolute Gasteiger partial charge is 0.544 e. The zero-order chi connectivity index (χ0) is 40.7. The smallest absolute Gasteiger partial charge is 0.306 e. The maximum Gasteiger partial charge on any atom is 0.306 e. The first-order valence-electron chi connectivity index (χ1n) is 21.1. The molecule has 0 aliphatic heterocycles. The second-order valence-corrected chi connectivity index (χ2v) is 14.8. The van der Waals surface area contributed by atoms with Gasteiger partial charge >= 0.3 is 11.9 Å². The van der Waals surface area contributed by atoms with Crippen LogP contribution in [0.2, 0.25) is 0 Å². The molecular weight excluding hydrogens is 691 g/mol. The molecular formula is C47H77NO7. The Balaban J connectivity index is 4.51. The molecule has 8 nitrogen and oxygen atoms in total. The van der Waals surface area contributed by atoms with Gasteiger partial charge in [-0.05, 0) is 77.0 Å². The number of carbonyl (C=O) groups excluding carboxylic acids is 3. The van der Waals surface area contributed by atoms with E-state index in [-0.39, 0.29) is 49.1 Å². The number of unbranched alkanes of at least 4 members (excludes halogenated alkanes) is 8. The summed E-state index contributed by atoms with van der Waals surface area (Å²) in [4.78, 5) is 36.7. The van der Waals surface area contributed by atoms with E-state index in [4.69, 9.17) is 14.2 Å². The molecule has 0 aromatic rings. The van der Waals surface area contributed by atoms with Crippen molar-refractivity contribution in [3.63, 3.8) is 0 Å². The van der Waals surface area contributed by atoms with Crippen molar-refractivity contribution in [1.82, 2.24) is 0 Å². The third-order valence-electron chi connectivity index (χ3n) is 8.78. The van der Waals surface area contributed by atoms with Crippen LogP contribution in [0.4, 0.5) is 0 Å². The molecule has 0 fully saturated rings. The van der Waals surface area contributed by atoms with Crippen molar-refractivity contribution in [1.29, 1.82) is 0 Å². The van der Waals surface area contributed by atoms with Gasteiger partial charge in [0.1, 0.15) is 12.6 Å². The summed E-state index contributed by atoms with van der Waals surface area (Å²) in [5.41, 5.74) is 0. The van der Waals surface area contributed by atoms with E-state index in [1.165, 1.54) is 25.7 Å². The zero-order valence-corrected chi connectivity index (χ0v) is 35.3. The number of carboxylic acids is 1. The Morgan fingerprint density at radius 3 is 1.58 bits per heavy atom. The Hall–Kier alpha value is -3.49. The molecule has 0 spiro atoms. The van der Waals surface area contributed by atoms with E-state index in [0.29, 0.717) is 12.8 Å². The fraction of sp³-hybridized carbons (Fsp3) is 0.638. The van der Waals surface area contributed by atoms with Crippen molar-refractivity contribution < 1.29 is 38.2 Å². The second kappa shape index (κ2) is 37.4. The first kappa shape index (κ1) is 51.5. The van der Waals surface area contributed by atoms with Crippen LogP contribution in [-0.2, 0) is 28.6 Å². The van der Waals surface area contributed by atoms with Crippen LogP contribution in [-0.4, -0.2) is 75.5 Å². The Kier molecular flexibility index (Phi) is 35.1. The molecule has 0 aliphatic rings. The van der Waals surface area contributed by atoms with Crippen molar-refractivity contribution in [3.8, 4) is 0 Å². The average molecular weight is 768 g/mol. The van der Waals surface area contributed by atoms with Gasteiger partial charge in [-0.3, -0.25) is 9.59 Å². The number of quaternary nitrogens is 1. The number of hydrogen-bond donors (Lipinski definition) is 0. The SMILES string of the molecule is CC/C=C/C/C=C/C/C=C/C/C=C/C/C=C/C/C=C/CCC(=O)OCC(COCCC(C(=O)[O-])[N+](C)(C)C)OC(=O)CCCCCCC/C=C/CCCCC. The van der Waals surface area contributed by atoms with Crippen LogP contribution in [0.25, 0.3) is 0 Å². The quantitative estimate of drug-likeness (QED) is 0.0271. The molecule has 0 aromatic heterocycles. The summed E-state index contributed by atoms with van der Waals surface area (Å²) >= 11 is 0. The molecule has 0 heterocycles. The van der Waals surface area contributed by atoms with Gasteiger partial charge in [0.15, 0.2) is 6.10 Å². The predicted octanol–water partition coefficient (Wildman–Crippen LogP) is 10.0. The normalized spacial score (nSPS) is 13.8. The molecule has 0 bridgehead atoms. The van der Waals surface area contributed by atoms with E-state index in [1.807, 2.05) is 12.2 Å². The summed E-state index contributed by atoms with van der Waals surface area (Å²) in [6.45, 7) is 4.41. The minimum atomic E-state index is -1.14. The highest BCUT2D eigenvalue weighted by Gasteiger charge is 2.25. The van der Waals surface area contributed by atoms with Gasteiger partial charge in [0.2, 0.25) is 0 Å². The molecule has 2 unspecified atom stereocenters. The summed E-state index contributed by atoms with van der Waals surface area (Å²) in [5.74, 6) is -1.87. The van der Waals surface area contributed by atoms with Crippen LogP contribution in [0.5, 0.6) is 0 Å². The molecule has 2 atom stereocenters. The number of carbonyl (C=O) groups is 3. The number of rotatable bonds is 36. The van der Waals surface area contributed by atoms with Crippen LogP contribution in [0.15, 0.2) is 85.1 Å². The van der Waals surface area contributed by atoms with Gasteiger partial charge in [0.25, 0.3) is 0 Å². The summed E-state index contributed by atoms with van der Waals surface area (Å²) in [7, 11) is 5.37. The minimum absolute atomic E-state index is 0.00897. The topological polar surface area (TPSA) is 102 Å². The lowest BCUT2D eigenvalue weighted by molar-refractivity contribution is -0.889. The van der Waals surface area contributed by atoms with Crippen molar-refractivity contribution in [3.05, 3.63) is 85.1 Å². The second-order valence-electron chi connectivity index (χ2n) is 14.8. The van der Waals surface area contributed by atoms with Gasteiger partial charge in [0, 0.05) is 19.3 Å². The molecule has 0 amide bonds. The molecule has 0 aliphatic carbocycles. The highest BCUT2D eigenvalue weighted by atomic mass is 16.6. The van der Waals surface area contributed by atoms with E-state index >= 15 is 0 Å². The Bertz CT molecular complexity index is 1170. The molecule has 0 saturated heterocycles. The van der Waals surface area contributed by atoms with Crippen LogP contribution in [0, 0.1) is 0 Å². The summed E-state index contributed by atoms with van der Waals surface area (Å²) in [5, 5.41) is 11.6. The van der Waals surface area contributed by atoms with E-state index in [2.05, 4.69) is 86.8 Å². The first-order chi connectivity index (χ1) is 26.6. The molecule has 0 saturated carbocycles. The molecule has 0 aromatic carbocycles. The Morgan fingerprint density at radius 1 is 0.564 bits per heavy atom. The van der Waals surface area contributed by atoms with E-state index in [9.17, 15) is 19.5 Å². The van der Waals surface area contributed by atoms with Crippen LogP contribution >= 0.6 is 0 Å². The van der Waals surface area contributed by atoms with Gasteiger partial charge in [-0.1, -0.05) is 131 Å². The van der Waals surface area contributed by atoms with E-state index in [0.717, 1.165) is 77.0 Å². The number of allylic oxidation sites excluding steroid dienone is 14. The number of nitrogens with zero attached hydrogens (tertiary/aromatic N) is 1. The highest BCUT2D eigenvalue weighted by molar-refractivity contribution is 5.70. The standard InChI is InChI=1S/C47H77NO7/c1-6-8-10-12-14-16-18-20-21-22-23-24-25-26-28-29-31-33-35-37-45(49)54-42-43(41-53-40-39-44(47(51)52)48(3,4)5)55-46(50)38-36-34-32-30-27-19-17-15-13-11-9-7-2/h8,10,14-17,20-21,23-24,26,28,31,33,43-44H,6-7,9,11-13,18-19,22,25,27,29-30,32,34-42H2,1-5H3/b10-8+,16-14+,17-15+,21-20+,24-23+,28-26+,33-31+. The Labute approximate surface area is 335 Å². The fourth-order valence-corrected chi connectivity index (χ4v) is 5.50. The van der Waals surface area contributed by atoms with Crippen molar-refractivity contribution in [2.24, 2.45) is 0 Å². The number of esters is 2. The van der Waals surface area contributed by atoms with Gasteiger partial charge in [-0.25, -0.2) is 0 Å². The number of ether oxygens (including phenoxy) is 3. The lowest BCUT2D eigenvalue weighted by atomic mass is 10.1. The van der Waals surface area contributed by atoms with Crippen molar-refractivity contribution in [2.45, 2.75) is 154 Å². The number of likely N-dealkylation sites (N-methyl/N-ethyl adjacent to an activating group) is 1. The number of hydrogen-bond acceptors (Lipinski definition) is 7. The third kappa shape index (κ3) is 35.9. The van der Waals surface area contributed by atoms with Crippen LogP contribution < -0.4 is 5.11 Å². The van der Waals surface area contributed by atoms with Crippen LogP contribution in [0.1, 0.15) is 142 Å². The maximum atomic E-state index is 12.7. The molecule has 0 rings (SSSR count). The predicted molar refractivity (Wildman–Crippen MR) is 226 cm³/mol. The maximum absolute atomic E-state index is 12.7. The van der Waals surface area contributed by atoms with Crippen molar-refractivity contribution in [2.75, 3.05) is 41.0 Å². The first-order valence-corrected chi connectivity index (χ1v) is 21.1. The highest BCUT2D eigenvalue weighted by Crippen LogP contribution is 2.12. The van der Waals surface area contributed by atoms with Gasteiger partial charge in [0.05, 0.1) is 40.3 Å². The van der Waals surface area contributed by atoms with Gasteiger partial charge in [-0.15, -0.1) is 0 Å². The molecule has 0 radical (unpaired) electrons. The van der Waals surface area contributed by atoms with Gasteiger partial charge in [-0.2, -0.15) is 0 Å².